The summed E-state index contributed by atoms with van der Waals surface area (Å²) in [4.78, 5) is 13.9. The number of halogens is 2. The Bertz CT molecular complexity index is 456. The quantitative estimate of drug-likeness (QED) is 0.861. The molecule has 18 heavy (non-hydrogen) atoms. The first kappa shape index (κ1) is 15.3. The fraction of sp³-hybridized carbons (Fsp3) is 0.417. The molecule has 2 N–H and O–H groups in total. The maximum Gasteiger partial charge on any atom is 0.255 e. The second-order valence-electron chi connectivity index (χ2n) is 4.07. The fourth-order valence-corrected chi connectivity index (χ4v) is 2.66. The number of amides is 1. The summed E-state index contributed by atoms with van der Waals surface area (Å²) < 4.78 is 13.6. The lowest BCUT2D eigenvalue weighted by atomic mass is 10.1. The summed E-state index contributed by atoms with van der Waals surface area (Å²) in [5.74, 6) is 0.143. The number of nitrogens with zero attached hydrogens (tertiary/aromatic N) is 1. The van der Waals surface area contributed by atoms with Gasteiger partial charge in [-0.15, -0.1) is 0 Å². The number of carbonyl (C=O) groups is 1. The summed E-state index contributed by atoms with van der Waals surface area (Å²) in [6, 6.07) is 2.69. The van der Waals surface area contributed by atoms with Gasteiger partial charge in [-0.3, -0.25) is 4.79 Å². The number of hydrogen-bond donors (Lipinski definition) is 1. The van der Waals surface area contributed by atoms with Crippen molar-refractivity contribution in [3.05, 3.63) is 28.0 Å². The lowest BCUT2D eigenvalue weighted by Gasteiger charge is -2.25. The highest BCUT2D eigenvalue weighted by Gasteiger charge is 2.20. The molecule has 0 saturated heterocycles. The van der Waals surface area contributed by atoms with Crippen LogP contribution < -0.4 is 5.73 Å². The van der Waals surface area contributed by atoms with Gasteiger partial charge in [-0.25, -0.2) is 4.39 Å². The highest BCUT2D eigenvalue weighted by molar-refractivity contribution is 9.10. The molecule has 0 heterocycles. The Labute approximate surface area is 119 Å². The smallest absolute Gasteiger partial charge is 0.255 e. The van der Waals surface area contributed by atoms with Gasteiger partial charge in [0.05, 0.1) is 11.3 Å². The van der Waals surface area contributed by atoms with Crippen molar-refractivity contribution in [2.45, 2.75) is 13.0 Å². The van der Waals surface area contributed by atoms with Gasteiger partial charge in [0, 0.05) is 23.3 Å². The van der Waals surface area contributed by atoms with E-state index in [9.17, 15) is 9.18 Å². The average molecular weight is 335 g/mol. The molecule has 0 bridgehead atoms. The Hall–Kier alpha value is -0.750. The number of benzene rings is 1. The van der Waals surface area contributed by atoms with Crippen molar-refractivity contribution in [1.82, 2.24) is 4.90 Å². The number of carbonyl (C=O) groups excluding carboxylic acids is 1. The van der Waals surface area contributed by atoms with E-state index >= 15 is 0 Å². The van der Waals surface area contributed by atoms with Crippen LogP contribution in [0.1, 0.15) is 17.3 Å². The summed E-state index contributed by atoms with van der Waals surface area (Å²) in [6.07, 6.45) is 1.99. The molecule has 100 valence electrons. The van der Waals surface area contributed by atoms with E-state index in [1.807, 2.05) is 13.2 Å². The molecule has 0 spiro atoms. The number of nitrogens with two attached hydrogens (primary N) is 1. The van der Waals surface area contributed by atoms with Gasteiger partial charge in [0.2, 0.25) is 0 Å². The summed E-state index contributed by atoms with van der Waals surface area (Å²) in [5, 5.41) is 0. The normalized spacial score (nSPS) is 12.3. The SMILES string of the molecule is CSCC(C)N(C)C(=O)c1cc(N)c(F)cc1Br. The third kappa shape index (κ3) is 3.38. The minimum atomic E-state index is -0.529. The van der Waals surface area contributed by atoms with Crippen LogP contribution in [0.4, 0.5) is 10.1 Å². The molecule has 3 nitrogen and oxygen atoms in total. The number of anilines is 1. The molecule has 1 rings (SSSR count). The van der Waals surface area contributed by atoms with E-state index < -0.39 is 5.82 Å². The van der Waals surface area contributed by atoms with Gasteiger partial charge in [-0.2, -0.15) is 11.8 Å². The van der Waals surface area contributed by atoms with Gasteiger partial charge >= 0.3 is 0 Å². The molecule has 1 aromatic carbocycles. The predicted molar refractivity (Wildman–Crippen MR) is 78.4 cm³/mol. The number of thioether (sulfide) groups is 1. The van der Waals surface area contributed by atoms with Crippen LogP contribution in [-0.4, -0.2) is 35.9 Å². The molecule has 0 radical (unpaired) electrons. The first-order valence-corrected chi connectivity index (χ1v) is 7.57. The highest BCUT2D eigenvalue weighted by Crippen LogP contribution is 2.24. The standard InChI is InChI=1S/C12H16BrFN2OS/c1-7(6-18-3)16(2)12(17)8-4-11(15)10(14)5-9(8)13/h4-5,7H,6,15H2,1-3H3. The van der Waals surface area contributed by atoms with Crippen molar-refractivity contribution in [2.75, 3.05) is 24.8 Å². The van der Waals surface area contributed by atoms with E-state index in [1.54, 1.807) is 23.7 Å². The summed E-state index contributed by atoms with van der Waals surface area (Å²) in [6.45, 7) is 1.97. The van der Waals surface area contributed by atoms with Crippen molar-refractivity contribution in [3.8, 4) is 0 Å². The van der Waals surface area contributed by atoms with Gasteiger partial charge in [0.1, 0.15) is 5.82 Å². The van der Waals surface area contributed by atoms with E-state index in [2.05, 4.69) is 15.9 Å². The molecular weight excluding hydrogens is 319 g/mol. The van der Waals surface area contributed by atoms with Gasteiger partial charge in [-0.1, -0.05) is 0 Å². The van der Waals surface area contributed by atoms with Crippen molar-refractivity contribution >= 4 is 39.3 Å². The highest BCUT2D eigenvalue weighted by atomic mass is 79.9. The topological polar surface area (TPSA) is 46.3 Å². The molecule has 0 fully saturated rings. The fourth-order valence-electron chi connectivity index (χ4n) is 1.47. The Balaban J connectivity index is 3.00. The van der Waals surface area contributed by atoms with Crippen LogP contribution in [-0.2, 0) is 0 Å². The van der Waals surface area contributed by atoms with Gasteiger partial charge in [-0.05, 0) is 41.2 Å². The molecule has 1 unspecified atom stereocenters. The maximum atomic E-state index is 13.2. The molecular formula is C12H16BrFN2OS. The van der Waals surface area contributed by atoms with E-state index in [4.69, 9.17) is 5.73 Å². The molecule has 0 aliphatic carbocycles. The molecule has 6 heteroatoms. The minimum absolute atomic E-state index is 0.0209. The third-order valence-electron chi connectivity index (χ3n) is 2.71. The van der Waals surface area contributed by atoms with Crippen LogP contribution in [0.2, 0.25) is 0 Å². The number of rotatable bonds is 4. The van der Waals surface area contributed by atoms with E-state index in [-0.39, 0.29) is 17.6 Å². The van der Waals surface area contributed by atoms with Crippen LogP contribution in [0.15, 0.2) is 16.6 Å². The first-order chi connectivity index (χ1) is 8.38. The van der Waals surface area contributed by atoms with Crippen molar-refractivity contribution in [3.63, 3.8) is 0 Å². The van der Waals surface area contributed by atoms with Gasteiger partial charge < -0.3 is 10.6 Å². The third-order valence-corrected chi connectivity index (χ3v) is 4.18. The summed E-state index contributed by atoms with van der Waals surface area (Å²) in [5.41, 5.74) is 5.85. The van der Waals surface area contributed by atoms with Gasteiger partial charge in [0.25, 0.3) is 5.91 Å². The predicted octanol–water partition coefficient (Wildman–Crippen LogP) is 2.99. The van der Waals surface area contributed by atoms with Crippen LogP contribution in [0, 0.1) is 5.82 Å². The van der Waals surface area contributed by atoms with Crippen LogP contribution in [0.5, 0.6) is 0 Å². The minimum Gasteiger partial charge on any atom is -0.396 e. The van der Waals surface area contributed by atoms with Gasteiger partial charge in [0.15, 0.2) is 0 Å². The molecule has 0 saturated carbocycles. The first-order valence-electron chi connectivity index (χ1n) is 5.39. The zero-order valence-corrected chi connectivity index (χ0v) is 12.9. The molecule has 0 aliphatic heterocycles. The lowest BCUT2D eigenvalue weighted by Crippen LogP contribution is -2.36. The molecule has 0 aromatic heterocycles. The second-order valence-corrected chi connectivity index (χ2v) is 5.84. The van der Waals surface area contributed by atoms with Crippen LogP contribution >= 0.6 is 27.7 Å². The number of nitrogen functional groups attached to an aromatic ring is 1. The Morgan fingerprint density at radius 1 is 1.61 bits per heavy atom. The zero-order chi connectivity index (χ0) is 13.9. The molecule has 1 aromatic rings. The molecule has 0 aliphatic rings. The Morgan fingerprint density at radius 3 is 2.78 bits per heavy atom. The van der Waals surface area contributed by atoms with E-state index in [0.717, 1.165) is 5.75 Å². The lowest BCUT2D eigenvalue weighted by molar-refractivity contribution is 0.0756. The second kappa shape index (κ2) is 6.43. The monoisotopic (exact) mass is 334 g/mol. The number of hydrogen-bond acceptors (Lipinski definition) is 3. The molecule has 1 atom stereocenters. The van der Waals surface area contributed by atoms with E-state index in [1.165, 1.54) is 12.1 Å². The Kier molecular flexibility index (Phi) is 5.47. The van der Waals surface area contributed by atoms with Crippen LogP contribution in [0.25, 0.3) is 0 Å². The van der Waals surface area contributed by atoms with Crippen molar-refractivity contribution in [2.24, 2.45) is 0 Å². The van der Waals surface area contributed by atoms with Crippen LogP contribution in [0.3, 0.4) is 0 Å². The largest absolute Gasteiger partial charge is 0.396 e. The van der Waals surface area contributed by atoms with Crippen molar-refractivity contribution in [1.29, 1.82) is 0 Å². The average Bonchev–Trinajstić information content (AvgIpc) is 2.32. The van der Waals surface area contributed by atoms with E-state index in [0.29, 0.717) is 10.0 Å². The maximum absolute atomic E-state index is 13.2. The Morgan fingerprint density at radius 2 is 2.22 bits per heavy atom. The summed E-state index contributed by atoms with van der Waals surface area (Å²) >= 11 is 4.86. The van der Waals surface area contributed by atoms with Crippen molar-refractivity contribution < 1.29 is 9.18 Å². The zero-order valence-electron chi connectivity index (χ0n) is 10.5. The summed E-state index contributed by atoms with van der Waals surface area (Å²) in [7, 11) is 1.73. The molecule has 1 amide bonds.